The molecule has 0 saturated carbocycles. The minimum Gasteiger partial charge on any atom is -0.370 e. The summed E-state index contributed by atoms with van der Waals surface area (Å²) >= 11 is 1.62. The molecule has 0 radical (unpaired) electrons. The number of nitrogens with one attached hydrogen (secondary N) is 1. The molecule has 2 heterocycles. The molecule has 23 heavy (non-hydrogen) atoms. The minimum absolute atomic E-state index is 0.0115. The summed E-state index contributed by atoms with van der Waals surface area (Å²) in [6, 6.07) is 13.1. The number of thiazole rings is 1. The molecule has 1 N–H and O–H groups in total. The van der Waals surface area contributed by atoms with Gasteiger partial charge in [0.2, 0.25) is 0 Å². The van der Waals surface area contributed by atoms with Gasteiger partial charge >= 0.3 is 0 Å². The van der Waals surface area contributed by atoms with Gasteiger partial charge in [-0.3, -0.25) is 10.1 Å². The van der Waals surface area contributed by atoms with Gasteiger partial charge in [0.1, 0.15) is 17.0 Å². The van der Waals surface area contributed by atoms with Crippen molar-refractivity contribution in [2.24, 2.45) is 0 Å². The van der Waals surface area contributed by atoms with Gasteiger partial charge in [-0.1, -0.05) is 30.3 Å². The average molecular weight is 326 g/mol. The van der Waals surface area contributed by atoms with Crippen LogP contribution in [0.3, 0.4) is 0 Å². The highest BCUT2D eigenvalue weighted by molar-refractivity contribution is 7.13. The molecule has 0 atom stereocenters. The van der Waals surface area contributed by atoms with E-state index in [0.717, 1.165) is 22.7 Å². The summed E-state index contributed by atoms with van der Waals surface area (Å²) in [5, 5.41) is 16.8. The highest BCUT2D eigenvalue weighted by Gasteiger charge is 2.06. The normalized spacial score (nSPS) is 10.4. The zero-order chi connectivity index (χ0) is 16.1. The fraction of sp³-hybridized carbons (Fsp3) is 0.125. The van der Waals surface area contributed by atoms with E-state index < -0.39 is 4.92 Å². The van der Waals surface area contributed by atoms with Crippen molar-refractivity contribution in [3.63, 3.8) is 0 Å². The number of benzene rings is 1. The lowest BCUT2D eigenvalue weighted by molar-refractivity contribution is -0.385. The number of hydrogen-bond donors (Lipinski definition) is 1. The monoisotopic (exact) mass is 326 g/mol. The number of nitro groups is 1. The zero-order valence-corrected chi connectivity index (χ0v) is 13.0. The third-order valence-corrected chi connectivity index (χ3v) is 4.16. The van der Waals surface area contributed by atoms with Crippen LogP contribution in [0.25, 0.3) is 10.6 Å². The maximum absolute atomic E-state index is 10.6. The van der Waals surface area contributed by atoms with Crippen LogP contribution in [0.2, 0.25) is 0 Å². The summed E-state index contributed by atoms with van der Waals surface area (Å²) in [7, 11) is 0. The van der Waals surface area contributed by atoms with E-state index >= 15 is 0 Å². The van der Waals surface area contributed by atoms with Crippen LogP contribution in [0.5, 0.6) is 0 Å². The van der Waals surface area contributed by atoms with Crippen molar-refractivity contribution in [1.82, 2.24) is 9.97 Å². The van der Waals surface area contributed by atoms with Crippen molar-refractivity contribution in [3.05, 3.63) is 69.8 Å². The number of rotatable bonds is 6. The first-order valence-corrected chi connectivity index (χ1v) is 7.94. The fourth-order valence-corrected chi connectivity index (χ4v) is 2.91. The Hall–Kier alpha value is -2.80. The van der Waals surface area contributed by atoms with Crippen molar-refractivity contribution in [1.29, 1.82) is 0 Å². The van der Waals surface area contributed by atoms with Gasteiger partial charge in [-0.05, 0) is 6.07 Å². The first-order valence-electron chi connectivity index (χ1n) is 7.06. The van der Waals surface area contributed by atoms with Crippen LogP contribution >= 0.6 is 11.3 Å². The molecule has 116 valence electrons. The number of anilines is 1. The Labute approximate surface area is 137 Å². The van der Waals surface area contributed by atoms with Crippen LogP contribution in [0.4, 0.5) is 11.5 Å². The predicted octanol–water partition coefficient (Wildman–Crippen LogP) is 3.77. The molecule has 2 aromatic heterocycles. The summed E-state index contributed by atoms with van der Waals surface area (Å²) < 4.78 is 0. The van der Waals surface area contributed by atoms with E-state index in [-0.39, 0.29) is 5.69 Å². The van der Waals surface area contributed by atoms with E-state index in [9.17, 15) is 10.1 Å². The van der Waals surface area contributed by atoms with E-state index in [0.29, 0.717) is 12.4 Å². The Bertz CT molecular complexity index is 787. The Kier molecular flexibility index (Phi) is 4.58. The molecule has 0 aliphatic carbocycles. The quantitative estimate of drug-likeness (QED) is 0.551. The van der Waals surface area contributed by atoms with E-state index in [4.69, 9.17) is 0 Å². The molecule has 7 heteroatoms. The number of hydrogen-bond acceptors (Lipinski definition) is 6. The van der Waals surface area contributed by atoms with Gasteiger partial charge in [-0.2, -0.15) is 0 Å². The van der Waals surface area contributed by atoms with E-state index in [1.807, 2.05) is 35.7 Å². The highest BCUT2D eigenvalue weighted by atomic mass is 32.1. The van der Waals surface area contributed by atoms with Crippen molar-refractivity contribution < 1.29 is 4.92 Å². The molecule has 0 bridgehead atoms. The molecular formula is C16H14N4O2S. The lowest BCUT2D eigenvalue weighted by atomic mass is 10.2. The summed E-state index contributed by atoms with van der Waals surface area (Å²) in [5.74, 6) is 0.620. The molecular weight excluding hydrogens is 312 g/mol. The van der Waals surface area contributed by atoms with Crippen molar-refractivity contribution >= 4 is 22.8 Å². The maximum atomic E-state index is 10.6. The standard InChI is InChI=1S/C16H14N4O2S/c21-20(22)14-6-7-15(18-10-14)17-9-8-13-11-23-16(19-13)12-4-2-1-3-5-12/h1-7,10-11H,8-9H2,(H,17,18). The molecule has 3 rings (SSSR count). The largest absolute Gasteiger partial charge is 0.370 e. The van der Waals surface area contributed by atoms with Crippen LogP contribution in [-0.2, 0) is 6.42 Å². The van der Waals surface area contributed by atoms with Crippen LogP contribution in [0.1, 0.15) is 5.69 Å². The van der Waals surface area contributed by atoms with Crippen molar-refractivity contribution in [2.45, 2.75) is 6.42 Å². The fourth-order valence-electron chi connectivity index (χ4n) is 2.05. The lowest BCUT2D eigenvalue weighted by Gasteiger charge is -2.03. The van der Waals surface area contributed by atoms with Gasteiger partial charge in [0.25, 0.3) is 5.69 Å². The molecule has 0 unspecified atom stereocenters. The summed E-state index contributed by atoms with van der Waals surface area (Å²) in [5.41, 5.74) is 2.12. The molecule has 0 amide bonds. The SMILES string of the molecule is O=[N+]([O-])c1ccc(NCCc2csc(-c3ccccc3)n2)nc1. The molecule has 6 nitrogen and oxygen atoms in total. The first-order chi connectivity index (χ1) is 11.2. The van der Waals surface area contributed by atoms with Gasteiger partial charge in [0, 0.05) is 30.0 Å². The predicted molar refractivity (Wildman–Crippen MR) is 90.6 cm³/mol. The molecule has 0 aliphatic heterocycles. The first kappa shape index (κ1) is 15.1. The Balaban J connectivity index is 1.55. The van der Waals surface area contributed by atoms with Gasteiger partial charge < -0.3 is 5.32 Å². The molecule has 0 spiro atoms. The Morgan fingerprint density at radius 2 is 2.00 bits per heavy atom. The topological polar surface area (TPSA) is 81.0 Å². The maximum Gasteiger partial charge on any atom is 0.287 e. The second-order valence-corrected chi connectivity index (χ2v) is 5.70. The second-order valence-electron chi connectivity index (χ2n) is 4.85. The third kappa shape index (κ3) is 3.89. The summed E-state index contributed by atoms with van der Waals surface area (Å²) in [6.07, 6.45) is 2.01. The van der Waals surface area contributed by atoms with E-state index in [1.165, 1.54) is 12.3 Å². The van der Waals surface area contributed by atoms with Crippen LogP contribution < -0.4 is 5.32 Å². The smallest absolute Gasteiger partial charge is 0.287 e. The van der Waals surface area contributed by atoms with Crippen LogP contribution in [0, 0.1) is 10.1 Å². The molecule has 0 saturated heterocycles. The van der Waals surface area contributed by atoms with E-state index in [2.05, 4.69) is 15.3 Å². The Morgan fingerprint density at radius 1 is 1.17 bits per heavy atom. The lowest BCUT2D eigenvalue weighted by Crippen LogP contribution is -2.06. The van der Waals surface area contributed by atoms with Crippen molar-refractivity contribution in [2.75, 3.05) is 11.9 Å². The summed E-state index contributed by atoms with van der Waals surface area (Å²) in [4.78, 5) is 18.7. The van der Waals surface area contributed by atoms with Crippen LogP contribution in [0.15, 0.2) is 54.0 Å². The molecule has 1 aromatic carbocycles. The van der Waals surface area contributed by atoms with Gasteiger partial charge in [-0.25, -0.2) is 9.97 Å². The average Bonchev–Trinajstić information content (AvgIpc) is 3.05. The zero-order valence-electron chi connectivity index (χ0n) is 12.2. The van der Waals surface area contributed by atoms with Gasteiger partial charge in [0.15, 0.2) is 0 Å². The molecule has 3 aromatic rings. The summed E-state index contributed by atoms with van der Waals surface area (Å²) in [6.45, 7) is 0.669. The minimum atomic E-state index is -0.461. The molecule has 0 aliphatic rings. The number of aromatic nitrogens is 2. The van der Waals surface area contributed by atoms with Gasteiger partial charge in [-0.15, -0.1) is 11.3 Å². The number of pyridine rings is 1. The number of nitrogens with zero attached hydrogens (tertiary/aromatic N) is 3. The Morgan fingerprint density at radius 3 is 2.70 bits per heavy atom. The van der Waals surface area contributed by atoms with Crippen molar-refractivity contribution in [3.8, 4) is 10.6 Å². The van der Waals surface area contributed by atoms with E-state index in [1.54, 1.807) is 17.4 Å². The highest BCUT2D eigenvalue weighted by Crippen LogP contribution is 2.23. The van der Waals surface area contributed by atoms with Crippen LogP contribution in [-0.4, -0.2) is 21.4 Å². The molecule has 0 fully saturated rings. The third-order valence-electron chi connectivity index (χ3n) is 3.22. The second kappa shape index (κ2) is 6.97. The van der Waals surface area contributed by atoms with Gasteiger partial charge in [0.05, 0.1) is 10.6 Å².